The third kappa shape index (κ3) is 1.34. The Balaban J connectivity index is 2.30. The molecule has 0 radical (unpaired) electrons. The van der Waals surface area contributed by atoms with Crippen LogP contribution in [0.5, 0.6) is 0 Å². The number of nitrogen functional groups attached to an aromatic ring is 2. The highest BCUT2D eigenvalue weighted by Crippen LogP contribution is 2.31. The van der Waals surface area contributed by atoms with E-state index in [9.17, 15) is 0 Å². The number of hydrogen-bond acceptors (Lipinski definition) is 3. The van der Waals surface area contributed by atoms with Crippen LogP contribution in [-0.2, 0) is 0 Å². The molecular formula is C9H15N5. The van der Waals surface area contributed by atoms with Crippen LogP contribution >= 0.6 is 0 Å². The van der Waals surface area contributed by atoms with Gasteiger partial charge in [0.2, 0.25) is 0 Å². The van der Waals surface area contributed by atoms with Crippen LogP contribution < -0.4 is 11.5 Å². The Labute approximate surface area is 82.6 Å². The number of rotatable bonds is 2. The molecule has 1 aromatic heterocycles. The third-order valence-corrected chi connectivity index (χ3v) is 2.81. The fourth-order valence-electron chi connectivity index (χ4n) is 2.05. The van der Waals surface area contributed by atoms with E-state index in [1.807, 2.05) is 4.57 Å². The van der Waals surface area contributed by atoms with Gasteiger partial charge in [-0.25, -0.2) is 4.98 Å². The lowest BCUT2D eigenvalue weighted by molar-refractivity contribution is 0.524. The van der Waals surface area contributed by atoms with Crippen LogP contribution in [0.1, 0.15) is 37.4 Å². The maximum absolute atomic E-state index is 7.28. The van der Waals surface area contributed by atoms with Gasteiger partial charge in [0.1, 0.15) is 17.3 Å². The van der Waals surface area contributed by atoms with Crippen LogP contribution in [0, 0.1) is 5.41 Å². The van der Waals surface area contributed by atoms with Crippen molar-refractivity contribution in [3.05, 3.63) is 12.0 Å². The number of nitrogens with one attached hydrogen (secondary N) is 1. The highest BCUT2D eigenvalue weighted by molar-refractivity contribution is 5.97. The zero-order valence-electron chi connectivity index (χ0n) is 8.03. The quantitative estimate of drug-likeness (QED) is 0.480. The van der Waals surface area contributed by atoms with Crippen molar-refractivity contribution in [1.29, 1.82) is 5.41 Å². The average Bonchev–Trinajstić information content (AvgIpc) is 2.71. The molecule has 0 bridgehead atoms. The van der Waals surface area contributed by atoms with E-state index >= 15 is 0 Å². The van der Waals surface area contributed by atoms with Crippen molar-refractivity contribution in [1.82, 2.24) is 9.55 Å². The topological polar surface area (TPSA) is 93.7 Å². The molecule has 0 unspecified atom stereocenters. The third-order valence-electron chi connectivity index (χ3n) is 2.81. The molecule has 5 N–H and O–H groups in total. The summed E-state index contributed by atoms with van der Waals surface area (Å²) in [6, 6.07) is 0.454. The summed E-state index contributed by atoms with van der Waals surface area (Å²) in [5, 5.41) is 7.28. The van der Waals surface area contributed by atoms with E-state index in [0.717, 1.165) is 12.8 Å². The Hall–Kier alpha value is -1.52. The van der Waals surface area contributed by atoms with E-state index in [1.54, 1.807) is 6.33 Å². The molecule has 1 fully saturated rings. The van der Waals surface area contributed by atoms with Crippen LogP contribution in [0.15, 0.2) is 6.33 Å². The lowest BCUT2D eigenvalue weighted by atomic mass is 10.2. The van der Waals surface area contributed by atoms with Gasteiger partial charge in [0, 0.05) is 6.04 Å². The van der Waals surface area contributed by atoms with Crippen molar-refractivity contribution in [3.8, 4) is 0 Å². The van der Waals surface area contributed by atoms with Crippen LogP contribution in [0.25, 0.3) is 0 Å². The standard InChI is InChI=1S/C9H15N5/c10-8(11)7-9(12)14(5-13-7)6-3-1-2-4-6/h5-6H,1-4,12H2,(H3,10,11). The van der Waals surface area contributed by atoms with Crippen LogP contribution in [0.3, 0.4) is 0 Å². The minimum atomic E-state index is -0.0563. The van der Waals surface area contributed by atoms with Crippen LogP contribution in [0.2, 0.25) is 0 Å². The van der Waals surface area contributed by atoms with Gasteiger partial charge in [0.15, 0.2) is 0 Å². The van der Waals surface area contributed by atoms with Crippen molar-refractivity contribution >= 4 is 11.7 Å². The Morgan fingerprint density at radius 2 is 2.14 bits per heavy atom. The summed E-state index contributed by atoms with van der Waals surface area (Å²) >= 11 is 0. The Kier molecular flexibility index (Phi) is 2.15. The van der Waals surface area contributed by atoms with Gasteiger partial charge in [-0.15, -0.1) is 0 Å². The number of anilines is 1. The minimum absolute atomic E-state index is 0.0563. The number of nitrogens with zero attached hydrogens (tertiary/aromatic N) is 2. The molecule has 0 aromatic carbocycles. The largest absolute Gasteiger partial charge is 0.383 e. The molecule has 0 saturated heterocycles. The molecule has 1 aliphatic carbocycles. The molecule has 1 saturated carbocycles. The van der Waals surface area contributed by atoms with Gasteiger partial charge in [-0.05, 0) is 12.8 Å². The summed E-state index contributed by atoms with van der Waals surface area (Å²) in [5.74, 6) is 0.476. The molecule has 0 amide bonds. The second-order valence-electron chi connectivity index (χ2n) is 3.74. The molecule has 1 heterocycles. The van der Waals surface area contributed by atoms with Crippen molar-refractivity contribution in [2.24, 2.45) is 5.73 Å². The van der Waals surface area contributed by atoms with Crippen molar-refractivity contribution in [2.75, 3.05) is 5.73 Å². The summed E-state index contributed by atoms with van der Waals surface area (Å²) in [5.41, 5.74) is 11.6. The Morgan fingerprint density at radius 3 is 2.64 bits per heavy atom. The smallest absolute Gasteiger partial charge is 0.146 e. The molecular weight excluding hydrogens is 178 g/mol. The molecule has 5 heteroatoms. The van der Waals surface area contributed by atoms with Gasteiger partial charge >= 0.3 is 0 Å². The predicted octanol–water partition coefficient (Wildman–Crippen LogP) is 0.864. The van der Waals surface area contributed by atoms with Gasteiger partial charge in [-0.3, -0.25) is 5.41 Å². The van der Waals surface area contributed by atoms with E-state index in [0.29, 0.717) is 17.6 Å². The second-order valence-corrected chi connectivity index (χ2v) is 3.74. The van der Waals surface area contributed by atoms with Gasteiger partial charge in [-0.1, -0.05) is 12.8 Å². The number of nitrogens with two attached hydrogens (primary N) is 2. The molecule has 0 aliphatic heterocycles. The normalized spacial score (nSPS) is 17.4. The Morgan fingerprint density at radius 1 is 1.50 bits per heavy atom. The summed E-state index contributed by atoms with van der Waals surface area (Å²) in [7, 11) is 0. The minimum Gasteiger partial charge on any atom is -0.383 e. The van der Waals surface area contributed by atoms with Crippen LogP contribution in [0.4, 0.5) is 5.82 Å². The highest BCUT2D eigenvalue weighted by atomic mass is 15.1. The van der Waals surface area contributed by atoms with E-state index in [-0.39, 0.29) is 5.84 Å². The van der Waals surface area contributed by atoms with Crippen molar-refractivity contribution in [2.45, 2.75) is 31.7 Å². The first-order valence-corrected chi connectivity index (χ1v) is 4.87. The molecule has 1 aliphatic rings. The second kappa shape index (κ2) is 3.32. The molecule has 5 nitrogen and oxygen atoms in total. The van der Waals surface area contributed by atoms with E-state index < -0.39 is 0 Å². The summed E-state index contributed by atoms with van der Waals surface area (Å²) in [6.45, 7) is 0. The van der Waals surface area contributed by atoms with Gasteiger partial charge in [0.25, 0.3) is 0 Å². The first-order valence-electron chi connectivity index (χ1n) is 4.87. The average molecular weight is 193 g/mol. The molecule has 2 rings (SSSR count). The first kappa shape index (κ1) is 9.05. The summed E-state index contributed by atoms with van der Waals surface area (Å²) < 4.78 is 1.95. The fraction of sp³-hybridized carbons (Fsp3) is 0.556. The summed E-state index contributed by atoms with van der Waals surface area (Å²) in [6.07, 6.45) is 6.49. The zero-order chi connectivity index (χ0) is 10.1. The maximum atomic E-state index is 7.28. The summed E-state index contributed by atoms with van der Waals surface area (Å²) in [4.78, 5) is 4.05. The molecule has 76 valence electrons. The zero-order valence-corrected chi connectivity index (χ0v) is 8.03. The predicted molar refractivity (Wildman–Crippen MR) is 55.2 cm³/mol. The fourth-order valence-corrected chi connectivity index (χ4v) is 2.05. The number of hydrogen-bond donors (Lipinski definition) is 3. The lowest BCUT2D eigenvalue weighted by Crippen LogP contribution is -2.15. The molecule has 14 heavy (non-hydrogen) atoms. The van der Waals surface area contributed by atoms with E-state index in [2.05, 4.69) is 4.98 Å². The van der Waals surface area contributed by atoms with Gasteiger partial charge in [0.05, 0.1) is 6.33 Å². The molecule has 1 aromatic rings. The number of amidine groups is 1. The molecule has 0 atom stereocenters. The monoisotopic (exact) mass is 193 g/mol. The number of aromatic nitrogens is 2. The highest BCUT2D eigenvalue weighted by Gasteiger charge is 2.20. The number of imidazole rings is 1. The van der Waals surface area contributed by atoms with E-state index in [4.69, 9.17) is 16.9 Å². The van der Waals surface area contributed by atoms with Gasteiger partial charge in [-0.2, -0.15) is 0 Å². The van der Waals surface area contributed by atoms with Crippen molar-refractivity contribution < 1.29 is 0 Å². The Bertz CT molecular complexity index is 348. The lowest BCUT2D eigenvalue weighted by Gasteiger charge is -2.12. The first-order chi connectivity index (χ1) is 6.70. The maximum Gasteiger partial charge on any atom is 0.146 e. The van der Waals surface area contributed by atoms with Gasteiger partial charge < -0.3 is 16.0 Å². The van der Waals surface area contributed by atoms with Crippen molar-refractivity contribution in [3.63, 3.8) is 0 Å². The molecule has 0 spiro atoms. The van der Waals surface area contributed by atoms with E-state index in [1.165, 1.54) is 12.8 Å². The SMILES string of the molecule is N=C(N)c1ncn(C2CCCC2)c1N. The van der Waals surface area contributed by atoms with Crippen LogP contribution in [-0.4, -0.2) is 15.4 Å².